The van der Waals surface area contributed by atoms with Crippen LogP contribution in [-0.2, 0) is 16.0 Å². The molecular weight excluding hydrogens is 259 g/mol. The van der Waals surface area contributed by atoms with E-state index in [1.807, 2.05) is 6.92 Å². The number of rotatable bonds is 9. The highest BCUT2D eigenvalue weighted by Crippen LogP contribution is 2.20. The minimum atomic E-state index is -0.793. The lowest BCUT2D eigenvalue weighted by molar-refractivity contribution is -0.142. The maximum absolute atomic E-state index is 12.8. The van der Waals surface area contributed by atoms with Crippen LogP contribution < -0.4 is 0 Å². The van der Waals surface area contributed by atoms with Crippen molar-refractivity contribution in [1.82, 2.24) is 0 Å². The first-order valence-corrected chi connectivity index (χ1v) is 6.99. The molecule has 0 spiro atoms. The zero-order chi connectivity index (χ0) is 15.0. The van der Waals surface area contributed by atoms with Gasteiger partial charge in [-0.15, -0.1) is 0 Å². The number of hydrogen-bond donors (Lipinski definition) is 1. The molecule has 1 N–H and O–H groups in total. The maximum Gasteiger partial charge on any atom is 0.306 e. The minimum absolute atomic E-state index is 0.209. The molecule has 1 rings (SSSR count). The molecule has 20 heavy (non-hydrogen) atoms. The largest absolute Gasteiger partial charge is 0.481 e. The van der Waals surface area contributed by atoms with Crippen molar-refractivity contribution < 1.29 is 19.1 Å². The normalized spacial score (nSPS) is 13.7. The molecule has 3 nitrogen and oxygen atoms in total. The van der Waals surface area contributed by atoms with Crippen LogP contribution in [0.5, 0.6) is 0 Å². The van der Waals surface area contributed by atoms with E-state index < -0.39 is 5.97 Å². The second kappa shape index (κ2) is 8.46. The Hall–Kier alpha value is -1.71. The quantitative estimate of drug-likeness (QED) is 0.705. The first-order chi connectivity index (χ1) is 9.56. The molecule has 0 amide bonds. The van der Waals surface area contributed by atoms with E-state index in [4.69, 9.17) is 5.11 Å². The fourth-order valence-electron chi connectivity index (χ4n) is 2.30. The molecule has 0 aliphatic heterocycles. The lowest BCUT2D eigenvalue weighted by Gasteiger charge is -2.14. The summed E-state index contributed by atoms with van der Waals surface area (Å²) in [5.41, 5.74) is 0.894. The van der Waals surface area contributed by atoms with Crippen LogP contribution in [0.1, 0.15) is 38.2 Å². The third-order valence-electron chi connectivity index (χ3n) is 3.48. The van der Waals surface area contributed by atoms with Gasteiger partial charge in [-0.1, -0.05) is 25.5 Å². The topological polar surface area (TPSA) is 54.4 Å². The van der Waals surface area contributed by atoms with Crippen LogP contribution in [-0.4, -0.2) is 17.4 Å². The predicted molar refractivity (Wildman–Crippen MR) is 74.9 cm³/mol. The number of aliphatic carboxylic acids is 1. The van der Waals surface area contributed by atoms with Gasteiger partial charge in [0, 0.05) is 5.92 Å². The van der Waals surface area contributed by atoms with Crippen molar-refractivity contribution in [1.29, 1.82) is 0 Å². The van der Waals surface area contributed by atoms with E-state index in [2.05, 4.69) is 0 Å². The number of benzene rings is 1. The smallest absolute Gasteiger partial charge is 0.306 e. The van der Waals surface area contributed by atoms with Crippen LogP contribution in [0.25, 0.3) is 0 Å². The Kier molecular flexibility index (Phi) is 6.91. The SMILES string of the molecule is CCCC(CCC(C=O)Cc1ccc(F)cc1)C(=O)O. The zero-order valence-corrected chi connectivity index (χ0v) is 11.7. The summed E-state index contributed by atoms with van der Waals surface area (Å²) in [6.45, 7) is 1.95. The molecule has 1 aromatic rings. The van der Waals surface area contributed by atoms with Crippen LogP contribution in [0.2, 0.25) is 0 Å². The van der Waals surface area contributed by atoms with Crippen molar-refractivity contribution >= 4 is 12.3 Å². The molecule has 0 aromatic heterocycles. The Bertz CT molecular complexity index is 428. The second-order valence-corrected chi connectivity index (χ2v) is 5.13. The van der Waals surface area contributed by atoms with Gasteiger partial charge in [-0.3, -0.25) is 4.79 Å². The summed E-state index contributed by atoms with van der Waals surface area (Å²) in [5.74, 6) is -1.68. The van der Waals surface area contributed by atoms with Gasteiger partial charge in [0.1, 0.15) is 12.1 Å². The van der Waals surface area contributed by atoms with Gasteiger partial charge < -0.3 is 9.90 Å². The average Bonchev–Trinajstić information content (AvgIpc) is 2.43. The molecule has 0 fully saturated rings. The van der Waals surface area contributed by atoms with Gasteiger partial charge in [-0.05, 0) is 43.4 Å². The van der Waals surface area contributed by atoms with Crippen molar-refractivity contribution in [2.24, 2.45) is 11.8 Å². The number of aldehydes is 1. The number of carboxylic acid groups (broad SMARTS) is 1. The first kappa shape index (κ1) is 16.3. The molecule has 0 saturated carbocycles. The number of carbonyl (C=O) groups excluding carboxylic acids is 1. The number of hydrogen-bond acceptors (Lipinski definition) is 2. The van der Waals surface area contributed by atoms with Crippen LogP contribution in [0.4, 0.5) is 4.39 Å². The summed E-state index contributed by atoms with van der Waals surface area (Å²) in [7, 11) is 0. The molecule has 0 heterocycles. The molecule has 2 atom stereocenters. The van der Waals surface area contributed by atoms with Crippen LogP contribution in [0.3, 0.4) is 0 Å². The number of carbonyl (C=O) groups is 2. The standard InChI is InChI=1S/C16H21FO3/c1-2-3-14(16(19)20)7-4-13(11-18)10-12-5-8-15(17)9-6-12/h5-6,8-9,11,13-14H,2-4,7,10H2,1H3,(H,19,20). The Labute approximate surface area is 118 Å². The van der Waals surface area contributed by atoms with E-state index in [9.17, 15) is 14.0 Å². The third kappa shape index (κ3) is 5.51. The van der Waals surface area contributed by atoms with Crippen molar-refractivity contribution in [2.45, 2.75) is 39.0 Å². The van der Waals surface area contributed by atoms with E-state index in [1.165, 1.54) is 12.1 Å². The molecule has 0 aliphatic rings. The van der Waals surface area contributed by atoms with Crippen LogP contribution >= 0.6 is 0 Å². The molecule has 2 unspecified atom stereocenters. The Balaban J connectivity index is 2.52. The third-order valence-corrected chi connectivity index (χ3v) is 3.48. The van der Waals surface area contributed by atoms with E-state index in [0.29, 0.717) is 25.7 Å². The van der Waals surface area contributed by atoms with Gasteiger partial charge in [0.05, 0.1) is 5.92 Å². The Morgan fingerprint density at radius 2 is 1.90 bits per heavy atom. The van der Waals surface area contributed by atoms with E-state index in [0.717, 1.165) is 18.3 Å². The van der Waals surface area contributed by atoms with Crippen molar-refractivity contribution in [3.05, 3.63) is 35.6 Å². The zero-order valence-electron chi connectivity index (χ0n) is 11.7. The van der Waals surface area contributed by atoms with Gasteiger partial charge in [0.2, 0.25) is 0 Å². The van der Waals surface area contributed by atoms with Crippen molar-refractivity contribution in [2.75, 3.05) is 0 Å². The molecule has 0 radical (unpaired) electrons. The summed E-state index contributed by atoms with van der Waals surface area (Å²) >= 11 is 0. The fourth-order valence-corrected chi connectivity index (χ4v) is 2.30. The fraction of sp³-hybridized carbons (Fsp3) is 0.500. The van der Waals surface area contributed by atoms with Gasteiger partial charge in [0.15, 0.2) is 0 Å². The van der Waals surface area contributed by atoms with Gasteiger partial charge in [-0.2, -0.15) is 0 Å². The Morgan fingerprint density at radius 3 is 2.40 bits per heavy atom. The highest BCUT2D eigenvalue weighted by molar-refractivity contribution is 5.69. The summed E-state index contributed by atoms with van der Waals surface area (Å²) in [6, 6.07) is 6.06. The van der Waals surface area contributed by atoms with E-state index in [1.54, 1.807) is 12.1 Å². The molecule has 1 aromatic carbocycles. The average molecular weight is 280 g/mol. The van der Waals surface area contributed by atoms with Crippen LogP contribution in [0, 0.1) is 17.7 Å². The van der Waals surface area contributed by atoms with Gasteiger partial charge >= 0.3 is 5.97 Å². The monoisotopic (exact) mass is 280 g/mol. The van der Waals surface area contributed by atoms with E-state index in [-0.39, 0.29) is 17.7 Å². The lowest BCUT2D eigenvalue weighted by atomic mass is 9.90. The lowest BCUT2D eigenvalue weighted by Crippen LogP contribution is -2.16. The molecule has 110 valence electrons. The highest BCUT2D eigenvalue weighted by Gasteiger charge is 2.18. The molecular formula is C16H21FO3. The van der Waals surface area contributed by atoms with Gasteiger partial charge in [-0.25, -0.2) is 4.39 Å². The molecule has 0 saturated heterocycles. The summed E-state index contributed by atoms with van der Waals surface area (Å²) in [5, 5.41) is 9.08. The summed E-state index contributed by atoms with van der Waals surface area (Å²) in [6.07, 6.45) is 3.92. The molecule has 0 aliphatic carbocycles. The summed E-state index contributed by atoms with van der Waals surface area (Å²) < 4.78 is 12.8. The number of carboxylic acids is 1. The van der Waals surface area contributed by atoms with E-state index >= 15 is 0 Å². The molecule has 4 heteroatoms. The first-order valence-electron chi connectivity index (χ1n) is 6.99. The van der Waals surface area contributed by atoms with Crippen LogP contribution in [0.15, 0.2) is 24.3 Å². The highest BCUT2D eigenvalue weighted by atomic mass is 19.1. The van der Waals surface area contributed by atoms with Gasteiger partial charge in [0.25, 0.3) is 0 Å². The minimum Gasteiger partial charge on any atom is -0.481 e. The number of halogens is 1. The van der Waals surface area contributed by atoms with Crippen molar-refractivity contribution in [3.63, 3.8) is 0 Å². The predicted octanol–water partition coefficient (Wildman–Crippen LogP) is 3.46. The summed E-state index contributed by atoms with van der Waals surface area (Å²) in [4.78, 5) is 22.2. The second-order valence-electron chi connectivity index (χ2n) is 5.13. The molecule has 0 bridgehead atoms. The van der Waals surface area contributed by atoms with Crippen molar-refractivity contribution in [3.8, 4) is 0 Å². The maximum atomic E-state index is 12.8. The Morgan fingerprint density at radius 1 is 1.25 bits per heavy atom.